The smallest absolute Gasteiger partial charge is 0.326 e. The highest BCUT2D eigenvalue weighted by Crippen LogP contribution is 2.29. The molecule has 0 spiro atoms. The van der Waals surface area contributed by atoms with Crippen molar-refractivity contribution in [3.63, 3.8) is 0 Å². The number of rotatable bonds is 6. The zero-order valence-electron chi connectivity index (χ0n) is 11.2. The van der Waals surface area contributed by atoms with Crippen molar-refractivity contribution in [1.29, 1.82) is 0 Å². The summed E-state index contributed by atoms with van der Waals surface area (Å²) in [5.74, 6) is -0.789. The van der Waals surface area contributed by atoms with Crippen LogP contribution in [0.5, 0.6) is 11.5 Å². The maximum atomic E-state index is 12.1. The van der Waals surface area contributed by atoms with Gasteiger partial charge in [0, 0.05) is 6.04 Å². The van der Waals surface area contributed by atoms with Crippen LogP contribution in [0.15, 0.2) is 24.3 Å². The fourth-order valence-electron chi connectivity index (χ4n) is 1.97. The van der Waals surface area contributed by atoms with Crippen molar-refractivity contribution in [3.8, 4) is 11.5 Å². The first-order valence-corrected chi connectivity index (χ1v) is 6.45. The van der Waals surface area contributed by atoms with Crippen LogP contribution >= 0.6 is 0 Å². The standard InChI is InChI=1S/C14H17NO5/c1-9(14(18)19)15(10-2-3-10)13(17)8-20-12-6-4-11(16)5-7-12/h4-7,9-10,16H,2-3,8H2,1H3,(H,18,19). The Kier molecular flexibility index (Phi) is 4.12. The third-order valence-corrected chi connectivity index (χ3v) is 3.20. The molecule has 0 radical (unpaired) electrons. The van der Waals surface area contributed by atoms with Gasteiger partial charge >= 0.3 is 5.97 Å². The van der Waals surface area contributed by atoms with Crippen LogP contribution in [0.2, 0.25) is 0 Å². The fourth-order valence-corrected chi connectivity index (χ4v) is 1.97. The molecular weight excluding hydrogens is 262 g/mol. The molecular formula is C14H17NO5. The van der Waals surface area contributed by atoms with Crippen LogP contribution in [0.3, 0.4) is 0 Å². The number of aromatic hydroxyl groups is 1. The van der Waals surface area contributed by atoms with Gasteiger partial charge < -0.3 is 19.8 Å². The van der Waals surface area contributed by atoms with E-state index in [4.69, 9.17) is 14.9 Å². The molecule has 2 rings (SSSR count). The van der Waals surface area contributed by atoms with Gasteiger partial charge in [0.2, 0.25) is 0 Å². The van der Waals surface area contributed by atoms with E-state index in [1.807, 2.05) is 0 Å². The summed E-state index contributed by atoms with van der Waals surface area (Å²) in [5, 5.41) is 18.2. The molecule has 0 bridgehead atoms. The lowest BCUT2D eigenvalue weighted by atomic mass is 10.2. The van der Waals surface area contributed by atoms with E-state index in [0.717, 1.165) is 12.8 Å². The number of nitrogens with zero attached hydrogens (tertiary/aromatic N) is 1. The maximum Gasteiger partial charge on any atom is 0.326 e. The highest BCUT2D eigenvalue weighted by atomic mass is 16.5. The zero-order chi connectivity index (χ0) is 14.7. The molecule has 0 aliphatic heterocycles. The van der Waals surface area contributed by atoms with Crippen molar-refractivity contribution in [2.75, 3.05) is 6.61 Å². The summed E-state index contributed by atoms with van der Waals surface area (Å²) in [6, 6.07) is 5.17. The quantitative estimate of drug-likeness (QED) is 0.818. The van der Waals surface area contributed by atoms with Crippen LogP contribution in [0.25, 0.3) is 0 Å². The molecule has 2 N–H and O–H groups in total. The minimum absolute atomic E-state index is 0.0111. The first-order valence-electron chi connectivity index (χ1n) is 6.45. The summed E-state index contributed by atoms with van der Waals surface area (Å²) in [7, 11) is 0. The molecule has 1 saturated carbocycles. The number of carbonyl (C=O) groups excluding carboxylic acids is 1. The second-order valence-corrected chi connectivity index (χ2v) is 4.83. The summed E-state index contributed by atoms with van der Waals surface area (Å²) in [6.45, 7) is 1.29. The van der Waals surface area contributed by atoms with Crippen molar-refractivity contribution in [2.24, 2.45) is 0 Å². The molecule has 0 saturated heterocycles. The number of amides is 1. The minimum atomic E-state index is -1.02. The first-order chi connectivity index (χ1) is 9.49. The molecule has 1 atom stereocenters. The number of ether oxygens (including phenoxy) is 1. The summed E-state index contributed by atoms with van der Waals surface area (Å²) >= 11 is 0. The molecule has 6 heteroatoms. The molecule has 108 valence electrons. The summed E-state index contributed by atoms with van der Waals surface area (Å²) in [4.78, 5) is 24.5. The van der Waals surface area contributed by atoms with E-state index in [1.165, 1.54) is 24.0 Å². The molecule has 1 aliphatic rings. The van der Waals surface area contributed by atoms with E-state index in [-0.39, 0.29) is 24.3 Å². The Morgan fingerprint density at radius 3 is 2.45 bits per heavy atom. The number of carbonyl (C=O) groups is 2. The molecule has 1 aromatic carbocycles. The van der Waals surface area contributed by atoms with Crippen LogP contribution in [-0.4, -0.2) is 45.7 Å². The van der Waals surface area contributed by atoms with E-state index in [0.29, 0.717) is 5.75 Å². The molecule has 1 unspecified atom stereocenters. The van der Waals surface area contributed by atoms with E-state index >= 15 is 0 Å². The van der Waals surface area contributed by atoms with Crippen LogP contribution in [0, 0.1) is 0 Å². The van der Waals surface area contributed by atoms with Gasteiger partial charge in [-0.05, 0) is 44.0 Å². The predicted octanol–water partition coefficient (Wildman–Crippen LogP) is 1.24. The van der Waals surface area contributed by atoms with Crippen molar-refractivity contribution < 1.29 is 24.5 Å². The van der Waals surface area contributed by atoms with Gasteiger partial charge in [-0.3, -0.25) is 4.79 Å². The highest BCUT2D eigenvalue weighted by molar-refractivity contribution is 5.84. The van der Waals surface area contributed by atoms with Gasteiger partial charge in [0.25, 0.3) is 5.91 Å². The van der Waals surface area contributed by atoms with Gasteiger partial charge in [0.15, 0.2) is 6.61 Å². The Bertz CT molecular complexity index is 495. The summed E-state index contributed by atoms with van der Waals surface area (Å²) in [5.41, 5.74) is 0. The average molecular weight is 279 g/mol. The lowest BCUT2D eigenvalue weighted by Gasteiger charge is -2.26. The SMILES string of the molecule is CC(C(=O)O)N(C(=O)COc1ccc(O)cc1)C1CC1. The number of phenolic OH excluding ortho intramolecular Hbond substituents is 1. The number of carboxylic acids is 1. The minimum Gasteiger partial charge on any atom is -0.508 e. The van der Waals surface area contributed by atoms with Crippen molar-refractivity contribution in [1.82, 2.24) is 4.90 Å². The Balaban J connectivity index is 1.95. The van der Waals surface area contributed by atoms with Crippen LogP contribution in [0.1, 0.15) is 19.8 Å². The normalized spacial score (nSPS) is 15.4. The van der Waals surface area contributed by atoms with E-state index in [2.05, 4.69) is 0 Å². The average Bonchev–Trinajstić information content (AvgIpc) is 3.22. The van der Waals surface area contributed by atoms with Crippen molar-refractivity contribution in [3.05, 3.63) is 24.3 Å². The van der Waals surface area contributed by atoms with Gasteiger partial charge in [-0.2, -0.15) is 0 Å². The molecule has 6 nitrogen and oxygen atoms in total. The number of benzene rings is 1. The van der Waals surface area contributed by atoms with Gasteiger partial charge in [-0.25, -0.2) is 4.79 Å². The Morgan fingerprint density at radius 2 is 1.95 bits per heavy atom. The van der Waals surface area contributed by atoms with Crippen molar-refractivity contribution in [2.45, 2.75) is 31.8 Å². The molecule has 1 aliphatic carbocycles. The van der Waals surface area contributed by atoms with Crippen LogP contribution in [0.4, 0.5) is 0 Å². The number of hydrogen-bond acceptors (Lipinski definition) is 4. The fraction of sp³-hybridized carbons (Fsp3) is 0.429. The molecule has 1 amide bonds. The second-order valence-electron chi connectivity index (χ2n) is 4.83. The predicted molar refractivity (Wildman–Crippen MR) is 70.6 cm³/mol. The lowest BCUT2D eigenvalue weighted by Crippen LogP contribution is -2.46. The number of hydrogen-bond donors (Lipinski definition) is 2. The lowest BCUT2D eigenvalue weighted by molar-refractivity contribution is -0.150. The van der Waals surface area contributed by atoms with Crippen LogP contribution < -0.4 is 4.74 Å². The molecule has 0 heterocycles. The number of phenols is 1. The van der Waals surface area contributed by atoms with E-state index in [1.54, 1.807) is 12.1 Å². The van der Waals surface area contributed by atoms with Crippen molar-refractivity contribution >= 4 is 11.9 Å². The molecule has 0 aromatic heterocycles. The molecule has 20 heavy (non-hydrogen) atoms. The number of carboxylic acid groups (broad SMARTS) is 1. The van der Waals surface area contributed by atoms with Gasteiger partial charge in [-0.15, -0.1) is 0 Å². The van der Waals surface area contributed by atoms with Crippen LogP contribution in [-0.2, 0) is 9.59 Å². The van der Waals surface area contributed by atoms with E-state index < -0.39 is 12.0 Å². The van der Waals surface area contributed by atoms with Gasteiger partial charge in [-0.1, -0.05) is 0 Å². The maximum absolute atomic E-state index is 12.1. The molecule has 1 aromatic rings. The Hall–Kier alpha value is -2.24. The van der Waals surface area contributed by atoms with E-state index in [9.17, 15) is 9.59 Å². The summed E-state index contributed by atoms with van der Waals surface area (Å²) in [6.07, 6.45) is 1.67. The Morgan fingerprint density at radius 1 is 1.35 bits per heavy atom. The summed E-state index contributed by atoms with van der Waals surface area (Å²) < 4.78 is 5.32. The second kappa shape index (κ2) is 5.81. The first kappa shape index (κ1) is 14.2. The Labute approximate surface area is 116 Å². The topological polar surface area (TPSA) is 87.1 Å². The zero-order valence-corrected chi connectivity index (χ0v) is 11.2. The third kappa shape index (κ3) is 3.40. The molecule has 1 fully saturated rings. The highest BCUT2D eigenvalue weighted by Gasteiger charge is 2.38. The third-order valence-electron chi connectivity index (χ3n) is 3.20. The number of aliphatic carboxylic acids is 1. The monoisotopic (exact) mass is 279 g/mol. The van der Waals surface area contributed by atoms with Gasteiger partial charge in [0.05, 0.1) is 0 Å². The van der Waals surface area contributed by atoms with Gasteiger partial charge in [0.1, 0.15) is 17.5 Å². The largest absolute Gasteiger partial charge is 0.508 e.